The van der Waals surface area contributed by atoms with Crippen LogP contribution >= 0.6 is 35.6 Å². The molecule has 1 unspecified atom stereocenters. The summed E-state index contributed by atoms with van der Waals surface area (Å²) < 4.78 is 16.2. The third-order valence-electron chi connectivity index (χ3n) is 4.81. The Kier molecular flexibility index (Phi) is 7.84. The van der Waals surface area contributed by atoms with Gasteiger partial charge in [0.25, 0.3) is 0 Å². The molecule has 1 atom stereocenters. The van der Waals surface area contributed by atoms with Crippen LogP contribution in [-0.4, -0.2) is 46.3 Å². The van der Waals surface area contributed by atoms with Gasteiger partial charge in [-0.1, -0.05) is 17.7 Å². The maximum Gasteiger partial charge on any atom is 0.193 e. The second kappa shape index (κ2) is 9.68. The number of aromatic nitrogens is 3. The van der Waals surface area contributed by atoms with Crippen LogP contribution < -0.4 is 5.32 Å². The van der Waals surface area contributed by atoms with Crippen molar-refractivity contribution in [2.24, 2.45) is 10.9 Å². The van der Waals surface area contributed by atoms with Gasteiger partial charge in [-0.05, 0) is 31.4 Å². The van der Waals surface area contributed by atoms with Crippen LogP contribution in [0, 0.1) is 18.7 Å². The smallest absolute Gasteiger partial charge is 0.193 e. The SMILES string of the molecule is CN=C(NCC1CCc2nnc(C)n2C1)N(C)Cc1c(F)cccc1Cl.I. The van der Waals surface area contributed by atoms with Crippen molar-refractivity contribution in [2.45, 2.75) is 32.9 Å². The van der Waals surface area contributed by atoms with Gasteiger partial charge in [-0.3, -0.25) is 4.99 Å². The minimum Gasteiger partial charge on any atom is -0.356 e. The largest absolute Gasteiger partial charge is 0.356 e. The highest BCUT2D eigenvalue weighted by Gasteiger charge is 2.22. The van der Waals surface area contributed by atoms with Gasteiger partial charge < -0.3 is 14.8 Å². The summed E-state index contributed by atoms with van der Waals surface area (Å²) in [6.07, 6.45) is 2.00. The van der Waals surface area contributed by atoms with Crippen molar-refractivity contribution >= 4 is 41.5 Å². The molecular formula is C18H25ClFIN6. The standard InChI is InChI=1S/C18H24ClFN6.HI/c1-12-23-24-17-8-7-13(10-26(12)17)9-22-18(21-2)25(3)11-14-15(19)5-4-6-16(14)20;/h4-6,13H,7-11H2,1-3H3,(H,21,22);1H. The Labute approximate surface area is 181 Å². The van der Waals surface area contributed by atoms with E-state index in [1.54, 1.807) is 19.2 Å². The van der Waals surface area contributed by atoms with E-state index in [-0.39, 0.29) is 29.8 Å². The van der Waals surface area contributed by atoms with Gasteiger partial charge in [0, 0.05) is 50.7 Å². The number of fused-ring (bicyclic) bond motifs is 1. The molecule has 148 valence electrons. The minimum atomic E-state index is -0.303. The molecule has 6 nitrogen and oxygen atoms in total. The highest BCUT2D eigenvalue weighted by Crippen LogP contribution is 2.21. The Morgan fingerprint density at radius 1 is 1.44 bits per heavy atom. The molecule has 1 aliphatic rings. The number of halogens is 3. The third-order valence-corrected chi connectivity index (χ3v) is 5.16. The van der Waals surface area contributed by atoms with Crippen LogP contribution in [0.4, 0.5) is 4.39 Å². The van der Waals surface area contributed by atoms with E-state index in [0.29, 0.717) is 23.0 Å². The molecule has 0 bridgehead atoms. The van der Waals surface area contributed by atoms with Crippen LogP contribution in [0.15, 0.2) is 23.2 Å². The molecule has 0 radical (unpaired) electrons. The van der Waals surface area contributed by atoms with Gasteiger partial charge in [0.05, 0.1) is 0 Å². The Morgan fingerprint density at radius 2 is 2.22 bits per heavy atom. The normalized spacial score (nSPS) is 16.5. The van der Waals surface area contributed by atoms with Crippen LogP contribution in [0.2, 0.25) is 5.02 Å². The fourth-order valence-electron chi connectivity index (χ4n) is 3.31. The fourth-order valence-corrected chi connectivity index (χ4v) is 3.54. The van der Waals surface area contributed by atoms with Crippen molar-refractivity contribution in [3.05, 3.63) is 46.3 Å². The molecule has 9 heteroatoms. The highest BCUT2D eigenvalue weighted by atomic mass is 127. The number of benzene rings is 1. The van der Waals surface area contributed by atoms with E-state index < -0.39 is 0 Å². The lowest BCUT2D eigenvalue weighted by atomic mass is 9.99. The summed E-state index contributed by atoms with van der Waals surface area (Å²) in [7, 11) is 3.60. The molecular weight excluding hydrogens is 482 g/mol. The van der Waals surface area contributed by atoms with Crippen molar-refractivity contribution < 1.29 is 4.39 Å². The third kappa shape index (κ3) is 5.10. The Balaban J connectivity index is 0.00000261. The molecule has 1 aromatic carbocycles. The zero-order valence-electron chi connectivity index (χ0n) is 15.7. The second-order valence-electron chi connectivity index (χ2n) is 6.66. The molecule has 0 saturated carbocycles. The lowest BCUT2D eigenvalue weighted by Gasteiger charge is -2.27. The van der Waals surface area contributed by atoms with Crippen molar-refractivity contribution in [3.8, 4) is 0 Å². The molecule has 27 heavy (non-hydrogen) atoms. The van der Waals surface area contributed by atoms with Crippen molar-refractivity contribution in [2.75, 3.05) is 20.6 Å². The van der Waals surface area contributed by atoms with Crippen LogP contribution in [0.1, 0.15) is 23.6 Å². The first kappa shape index (κ1) is 21.9. The lowest BCUT2D eigenvalue weighted by molar-refractivity contribution is 0.352. The van der Waals surface area contributed by atoms with E-state index in [1.807, 2.05) is 18.9 Å². The molecule has 0 fully saturated rings. The zero-order valence-corrected chi connectivity index (χ0v) is 18.8. The number of hydrogen-bond acceptors (Lipinski definition) is 3. The quantitative estimate of drug-likeness (QED) is 0.393. The Hall–Kier alpha value is -1.42. The molecule has 1 N–H and O–H groups in total. The first-order valence-corrected chi connectivity index (χ1v) is 9.10. The summed E-state index contributed by atoms with van der Waals surface area (Å²) in [6, 6.07) is 4.73. The molecule has 2 heterocycles. The molecule has 2 aromatic rings. The summed E-state index contributed by atoms with van der Waals surface area (Å²) >= 11 is 6.13. The monoisotopic (exact) mass is 506 g/mol. The highest BCUT2D eigenvalue weighted by molar-refractivity contribution is 14.0. The van der Waals surface area contributed by atoms with Gasteiger partial charge in [0.15, 0.2) is 5.96 Å². The minimum absolute atomic E-state index is 0. The number of aliphatic imine (C=N–C) groups is 1. The predicted octanol–water partition coefficient (Wildman–Crippen LogP) is 3.27. The van der Waals surface area contributed by atoms with Gasteiger partial charge in [-0.15, -0.1) is 34.2 Å². The molecule has 0 aliphatic carbocycles. The number of nitrogens with one attached hydrogen (secondary N) is 1. The number of aryl methyl sites for hydroxylation is 2. The van der Waals surface area contributed by atoms with Crippen LogP contribution in [-0.2, 0) is 19.5 Å². The second-order valence-corrected chi connectivity index (χ2v) is 7.07. The average Bonchev–Trinajstić information content (AvgIpc) is 2.99. The van der Waals surface area contributed by atoms with Gasteiger partial charge in [-0.25, -0.2) is 4.39 Å². The van der Waals surface area contributed by atoms with E-state index in [1.165, 1.54) is 6.07 Å². The Morgan fingerprint density at radius 3 is 2.93 bits per heavy atom. The predicted molar refractivity (Wildman–Crippen MR) is 116 cm³/mol. The molecule has 0 amide bonds. The number of nitrogens with zero attached hydrogens (tertiary/aromatic N) is 5. The molecule has 1 aliphatic heterocycles. The van der Waals surface area contributed by atoms with E-state index in [2.05, 4.69) is 25.1 Å². The summed E-state index contributed by atoms with van der Waals surface area (Å²) in [4.78, 5) is 6.19. The molecule has 0 spiro atoms. The number of rotatable bonds is 4. The van der Waals surface area contributed by atoms with Gasteiger partial charge in [-0.2, -0.15) is 0 Å². The maximum atomic E-state index is 14.0. The number of guanidine groups is 1. The summed E-state index contributed by atoms with van der Waals surface area (Å²) in [5.74, 6) is 2.91. The molecule has 0 saturated heterocycles. The summed E-state index contributed by atoms with van der Waals surface area (Å²) in [5.41, 5.74) is 0.474. The fraction of sp³-hybridized carbons (Fsp3) is 0.500. The maximum absolute atomic E-state index is 14.0. The van der Waals surface area contributed by atoms with E-state index in [0.717, 1.165) is 43.5 Å². The first-order valence-electron chi connectivity index (χ1n) is 8.73. The topological polar surface area (TPSA) is 58.3 Å². The van der Waals surface area contributed by atoms with E-state index in [4.69, 9.17) is 11.6 Å². The lowest BCUT2D eigenvalue weighted by Crippen LogP contribution is -2.42. The number of hydrogen-bond donors (Lipinski definition) is 1. The summed E-state index contributed by atoms with van der Waals surface area (Å²) in [6.45, 7) is 4.03. The summed E-state index contributed by atoms with van der Waals surface area (Å²) in [5, 5.41) is 12.2. The van der Waals surface area contributed by atoms with E-state index >= 15 is 0 Å². The Bertz CT molecular complexity index is 789. The van der Waals surface area contributed by atoms with Crippen LogP contribution in [0.3, 0.4) is 0 Å². The molecule has 1 aromatic heterocycles. The van der Waals surface area contributed by atoms with Gasteiger partial charge in [0.1, 0.15) is 17.5 Å². The van der Waals surface area contributed by atoms with Crippen molar-refractivity contribution in [1.29, 1.82) is 0 Å². The first-order chi connectivity index (χ1) is 12.5. The van der Waals surface area contributed by atoms with Gasteiger partial charge in [0.2, 0.25) is 0 Å². The van der Waals surface area contributed by atoms with E-state index in [9.17, 15) is 4.39 Å². The zero-order chi connectivity index (χ0) is 18.7. The van der Waals surface area contributed by atoms with Crippen LogP contribution in [0.5, 0.6) is 0 Å². The average molecular weight is 507 g/mol. The van der Waals surface area contributed by atoms with Gasteiger partial charge >= 0.3 is 0 Å². The van der Waals surface area contributed by atoms with Crippen LogP contribution in [0.25, 0.3) is 0 Å². The van der Waals surface area contributed by atoms with Crippen molar-refractivity contribution in [3.63, 3.8) is 0 Å². The molecule has 3 rings (SSSR count). The van der Waals surface area contributed by atoms with Crippen molar-refractivity contribution in [1.82, 2.24) is 25.0 Å².